The molecule has 0 saturated heterocycles. The third kappa shape index (κ3) is 26.1. The summed E-state index contributed by atoms with van der Waals surface area (Å²) in [6, 6.07) is 0. The van der Waals surface area contributed by atoms with Gasteiger partial charge in [0.1, 0.15) is 0 Å². The van der Waals surface area contributed by atoms with Crippen molar-refractivity contribution in [3.05, 3.63) is 0 Å². The van der Waals surface area contributed by atoms with E-state index in [1.807, 2.05) is 14.1 Å². The maximum Gasteiger partial charge on any atom is 0.399 e. The molecule has 0 aromatic rings. The van der Waals surface area contributed by atoms with Crippen LogP contribution >= 0.6 is 0 Å². The summed E-state index contributed by atoms with van der Waals surface area (Å²) in [6.07, 6.45) is 17.9. The molecule has 0 aliphatic rings. The second-order valence-corrected chi connectivity index (χ2v) is 8.02. The SMILES string of the molecule is CCCCCCCCCCCCCCCCOS(=O)(=O)OCC.CNC. The molecule has 0 aliphatic heterocycles. The summed E-state index contributed by atoms with van der Waals surface area (Å²) in [5.74, 6) is 0. The van der Waals surface area contributed by atoms with Crippen molar-refractivity contribution in [2.45, 2.75) is 104 Å². The molecule has 0 fully saturated rings. The smallest absolute Gasteiger partial charge is 0.323 e. The van der Waals surface area contributed by atoms with Crippen molar-refractivity contribution in [3.8, 4) is 0 Å². The summed E-state index contributed by atoms with van der Waals surface area (Å²) in [6.45, 7) is 4.25. The van der Waals surface area contributed by atoms with Crippen LogP contribution in [-0.2, 0) is 18.8 Å². The maximum atomic E-state index is 11.1. The number of nitrogens with one attached hydrogen (secondary N) is 1. The van der Waals surface area contributed by atoms with Gasteiger partial charge in [-0.25, -0.2) is 8.37 Å². The molecule has 5 nitrogen and oxygen atoms in total. The first-order valence-electron chi connectivity index (χ1n) is 10.7. The van der Waals surface area contributed by atoms with Crippen molar-refractivity contribution < 1.29 is 16.8 Å². The highest BCUT2D eigenvalue weighted by Crippen LogP contribution is 2.13. The Morgan fingerprint density at radius 1 is 0.615 bits per heavy atom. The minimum absolute atomic E-state index is 0.126. The first kappa shape index (κ1) is 28.0. The van der Waals surface area contributed by atoms with Crippen LogP contribution in [0.25, 0.3) is 0 Å². The number of unbranched alkanes of at least 4 members (excludes halogenated alkanes) is 13. The van der Waals surface area contributed by atoms with Crippen LogP contribution < -0.4 is 5.32 Å². The van der Waals surface area contributed by atoms with Crippen LogP contribution in [0.2, 0.25) is 0 Å². The van der Waals surface area contributed by atoms with Crippen LogP contribution in [0.5, 0.6) is 0 Å². The highest BCUT2D eigenvalue weighted by Gasteiger charge is 2.09. The predicted molar refractivity (Wildman–Crippen MR) is 112 cm³/mol. The van der Waals surface area contributed by atoms with E-state index in [-0.39, 0.29) is 13.2 Å². The molecule has 0 rings (SSSR count). The Balaban J connectivity index is 0. The number of hydrogen-bond donors (Lipinski definition) is 1. The monoisotopic (exact) mass is 395 g/mol. The lowest BCUT2D eigenvalue weighted by molar-refractivity contribution is 0.218. The van der Waals surface area contributed by atoms with E-state index in [4.69, 9.17) is 4.18 Å². The minimum Gasteiger partial charge on any atom is -0.323 e. The second kappa shape index (κ2) is 22.9. The van der Waals surface area contributed by atoms with Crippen LogP contribution in [0, 0.1) is 0 Å². The van der Waals surface area contributed by atoms with Gasteiger partial charge in [0.2, 0.25) is 0 Å². The minimum atomic E-state index is -3.75. The maximum absolute atomic E-state index is 11.1. The quantitative estimate of drug-likeness (QED) is 0.306. The van der Waals surface area contributed by atoms with Crippen molar-refractivity contribution in [1.29, 1.82) is 0 Å². The van der Waals surface area contributed by atoms with Crippen LogP contribution in [0.3, 0.4) is 0 Å². The van der Waals surface area contributed by atoms with E-state index in [0.717, 1.165) is 19.3 Å². The molecular formula is C20H45NO4S. The molecule has 0 bridgehead atoms. The van der Waals surface area contributed by atoms with Gasteiger partial charge in [-0.1, -0.05) is 90.4 Å². The fraction of sp³-hybridized carbons (Fsp3) is 1.00. The third-order valence-electron chi connectivity index (χ3n) is 3.99. The molecular weight excluding hydrogens is 350 g/mol. The number of hydrogen-bond acceptors (Lipinski definition) is 5. The molecule has 160 valence electrons. The summed E-state index contributed by atoms with van der Waals surface area (Å²) in [5, 5.41) is 2.75. The second-order valence-electron chi connectivity index (χ2n) is 6.73. The Morgan fingerprint density at radius 2 is 0.962 bits per heavy atom. The van der Waals surface area contributed by atoms with Gasteiger partial charge in [-0.05, 0) is 27.4 Å². The first-order valence-corrected chi connectivity index (χ1v) is 12.0. The van der Waals surface area contributed by atoms with Gasteiger partial charge in [0, 0.05) is 0 Å². The van der Waals surface area contributed by atoms with Crippen molar-refractivity contribution >= 4 is 10.4 Å². The first-order chi connectivity index (χ1) is 12.5. The summed E-state index contributed by atoms with van der Waals surface area (Å²) >= 11 is 0. The summed E-state index contributed by atoms with van der Waals surface area (Å²) < 4.78 is 31.5. The molecule has 0 aromatic carbocycles. The zero-order valence-electron chi connectivity index (χ0n) is 17.9. The molecule has 0 heterocycles. The highest BCUT2D eigenvalue weighted by atomic mass is 32.3. The topological polar surface area (TPSA) is 64.6 Å². The van der Waals surface area contributed by atoms with Crippen molar-refractivity contribution in [3.63, 3.8) is 0 Å². The Kier molecular flexibility index (Phi) is 24.7. The summed E-state index contributed by atoms with van der Waals surface area (Å²) in [4.78, 5) is 0. The van der Waals surface area contributed by atoms with Crippen molar-refractivity contribution in [2.75, 3.05) is 27.3 Å². The lowest BCUT2D eigenvalue weighted by Gasteiger charge is -2.05. The molecule has 0 atom stereocenters. The van der Waals surface area contributed by atoms with Crippen LogP contribution in [0.15, 0.2) is 0 Å². The lowest BCUT2D eigenvalue weighted by Crippen LogP contribution is -2.10. The Bertz CT molecular complexity index is 348. The Hall–Kier alpha value is -0.170. The van der Waals surface area contributed by atoms with E-state index in [9.17, 15) is 8.42 Å². The normalized spacial score (nSPS) is 11.2. The summed E-state index contributed by atoms with van der Waals surface area (Å²) in [5.41, 5.74) is 0. The van der Waals surface area contributed by atoms with E-state index in [0.29, 0.717) is 0 Å². The number of rotatable bonds is 18. The van der Waals surface area contributed by atoms with E-state index >= 15 is 0 Å². The van der Waals surface area contributed by atoms with Gasteiger partial charge in [-0.2, -0.15) is 8.42 Å². The summed E-state index contributed by atoms with van der Waals surface area (Å²) in [7, 11) is 0.000413. The van der Waals surface area contributed by atoms with E-state index in [1.54, 1.807) is 6.92 Å². The predicted octanol–water partition coefficient (Wildman–Crippen LogP) is 5.60. The van der Waals surface area contributed by atoms with Gasteiger partial charge in [0.15, 0.2) is 0 Å². The zero-order chi connectivity index (χ0) is 19.9. The largest absolute Gasteiger partial charge is 0.399 e. The zero-order valence-corrected chi connectivity index (χ0v) is 18.7. The van der Waals surface area contributed by atoms with Gasteiger partial charge in [0.05, 0.1) is 13.2 Å². The van der Waals surface area contributed by atoms with Crippen LogP contribution in [-0.4, -0.2) is 35.7 Å². The Morgan fingerprint density at radius 3 is 1.31 bits per heavy atom. The van der Waals surface area contributed by atoms with Crippen LogP contribution in [0.4, 0.5) is 0 Å². The molecule has 0 amide bonds. The molecule has 0 aromatic heterocycles. The van der Waals surface area contributed by atoms with E-state index in [2.05, 4.69) is 16.4 Å². The molecule has 0 radical (unpaired) electrons. The molecule has 0 spiro atoms. The lowest BCUT2D eigenvalue weighted by atomic mass is 10.0. The fourth-order valence-electron chi connectivity index (χ4n) is 2.64. The molecule has 0 saturated carbocycles. The van der Waals surface area contributed by atoms with Gasteiger partial charge >= 0.3 is 10.4 Å². The van der Waals surface area contributed by atoms with Gasteiger partial charge in [-0.15, -0.1) is 0 Å². The highest BCUT2D eigenvalue weighted by molar-refractivity contribution is 7.81. The van der Waals surface area contributed by atoms with Gasteiger partial charge in [0.25, 0.3) is 0 Å². The van der Waals surface area contributed by atoms with Gasteiger partial charge < -0.3 is 5.32 Å². The van der Waals surface area contributed by atoms with E-state index in [1.165, 1.54) is 70.6 Å². The molecule has 26 heavy (non-hydrogen) atoms. The fourth-order valence-corrected chi connectivity index (χ4v) is 3.31. The molecule has 6 heteroatoms. The average Bonchev–Trinajstić information content (AvgIpc) is 2.59. The molecule has 0 unspecified atom stereocenters. The van der Waals surface area contributed by atoms with Crippen molar-refractivity contribution in [1.82, 2.24) is 5.32 Å². The molecule has 1 N–H and O–H groups in total. The Labute approximate surface area is 163 Å². The van der Waals surface area contributed by atoms with Crippen LogP contribution in [0.1, 0.15) is 104 Å². The van der Waals surface area contributed by atoms with E-state index < -0.39 is 10.4 Å². The molecule has 0 aliphatic carbocycles. The average molecular weight is 396 g/mol. The van der Waals surface area contributed by atoms with Gasteiger partial charge in [-0.3, -0.25) is 0 Å². The van der Waals surface area contributed by atoms with Crippen molar-refractivity contribution in [2.24, 2.45) is 0 Å². The standard InChI is InChI=1S/C18H38O4S.C2H7N/c1-3-5-6-7-8-9-10-11-12-13-14-15-16-17-18-22-23(19,20)21-4-2;1-3-2/h3-18H2,1-2H3;3H,1-2H3. The third-order valence-corrected chi connectivity index (χ3v) is 4.97.